The summed E-state index contributed by atoms with van der Waals surface area (Å²) in [5, 5.41) is 13.0. The molecule has 7 nitrogen and oxygen atoms in total. The molecule has 0 aliphatic heterocycles. The number of benzene rings is 2. The maximum atomic E-state index is 11.9. The Balaban J connectivity index is 1.73. The molecule has 152 valence electrons. The summed E-state index contributed by atoms with van der Waals surface area (Å²) in [5.74, 6) is -0.195. The fraction of sp³-hybridized carbons (Fsp3) is 0.190. The molecule has 29 heavy (non-hydrogen) atoms. The van der Waals surface area contributed by atoms with Crippen molar-refractivity contribution in [1.29, 1.82) is 0 Å². The van der Waals surface area contributed by atoms with Crippen LogP contribution in [-0.4, -0.2) is 26.9 Å². The van der Waals surface area contributed by atoms with Crippen molar-refractivity contribution < 1.29 is 22.7 Å². The molecule has 1 aromatic heterocycles. The van der Waals surface area contributed by atoms with Crippen molar-refractivity contribution in [3.8, 4) is 22.6 Å². The Morgan fingerprint density at radius 3 is 2.17 bits per heavy atom. The van der Waals surface area contributed by atoms with Gasteiger partial charge in [0, 0.05) is 18.0 Å². The van der Waals surface area contributed by atoms with Crippen LogP contribution in [0.4, 0.5) is 5.69 Å². The summed E-state index contributed by atoms with van der Waals surface area (Å²) in [4.78, 5) is 11.9. The zero-order valence-electron chi connectivity index (χ0n) is 16.0. The average Bonchev–Trinajstić information content (AvgIpc) is 2.69. The van der Waals surface area contributed by atoms with Gasteiger partial charge in [-0.1, -0.05) is 24.3 Å². The van der Waals surface area contributed by atoms with Crippen LogP contribution in [0, 0.1) is 0 Å². The molecule has 3 rings (SSSR count). The van der Waals surface area contributed by atoms with Gasteiger partial charge in [0.15, 0.2) is 15.6 Å². The highest BCUT2D eigenvalue weighted by molar-refractivity contribution is 7.89. The van der Waals surface area contributed by atoms with Crippen LogP contribution in [-0.2, 0) is 22.1 Å². The molecule has 8 heteroatoms. The summed E-state index contributed by atoms with van der Waals surface area (Å²) in [6.45, 7) is 0.0283. The molecule has 0 aliphatic rings. The fourth-order valence-corrected chi connectivity index (χ4v) is 3.44. The highest BCUT2D eigenvalue weighted by Crippen LogP contribution is 2.24. The predicted octanol–water partition coefficient (Wildman–Crippen LogP) is 3.18. The van der Waals surface area contributed by atoms with E-state index in [-0.39, 0.29) is 18.1 Å². The molecule has 0 radical (unpaired) electrons. The predicted molar refractivity (Wildman–Crippen MR) is 111 cm³/mol. The second-order valence-electron chi connectivity index (χ2n) is 6.58. The summed E-state index contributed by atoms with van der Waals surface area (Å²) in [6.07, 6.45) is 1.04. The number of hydrogen-bond donors (Lipinski definition) is 2. The van der Waals surface area contributed by atoms with Gasteiger partial charge >= 0.3 is 0 Å². The molecule has 0 bridgehead atoms. The number of anilines is 1. The normalized spacial score (nSPS) is 11.2. The van der Waals surface area contributed by atoms with Gasteiger partial charge in [0.05, 0.1) is 13.7 Å². The molecule has 2 N–H and O–H groups in total. The molecule has 0 atom stereocenters. The molecule has 1 heterocycles. The van der Waals surface area contributed by atoms with E-state index in [0.29, 0.717) is 0 Å². The zero-order valence-corrected chi connectivity index (χ0v) is 16.8. The third kappa shape index (κ3) is 5.39. The number of nitrogens with one attached hydrogen (secondary N) is 1. The Kier molecular flexibility index (Phi) is 5.93. The standard InChI is InChI=1S/C21H21NO6S/c1-27-17-9-5-15(6-10-17)14-3-7-16(8-4-14)22-12-20-21(24)19(23)11-18(28-20)13-29(2,25)26/h3-11,22,24H,12-13H2,1-2H3. The topological polar surface area (TPSA) is 106 Å². The summed E-state index contributed by atoms with van der Waals surface area (Å²) in [5.41, 5.74) is 2.12. The summed E-state index contributed by atoms with van der Waals surface area (Å²) < 4.78 is 33.4. The lowest BCUT2D eigenvalue weighted by molar-refractivity contribution is 0.390. The van der Waals surface area contributed by atoms with Crippen LogP contribution in [0.25, 0.3) is 11.1 Å². The van der Waals surface area contributed by atoms with E-state index in [1.807, 2.05) is 48.5 Å². The van der Waals surface area contributed by atoms with Crippen molar-refractivity contribution in [3.05, 3.63) is 76.3 Å². The third-order valence-corrected chi connectivity index (χ3v) is 5.02. The summed E-state index contributed by atoms with van der Waals surface area (Å²) >= 11 is 0. The number of aromatic hydroxyl groups is 1. The first-order valence-electron chi connectivity index (χ1n) is 8.76. The van der Waals surface area contributed by atoms with Gasteiger partial charge in [-0.2, -0.15) is 0 Å². The van der Waals surface area contributed by atoms with Crippen molar-refractivity contribution in [2.75, 3.05) is 18.7 Å². The molecule has 0 amide bonds. The summed E-state index contributed by atoms with van der Waals surface area (Å²) in [7, 11) is -1.75. The minimum Gasteiger partial charge on any atom is -0.502 e. The largest absolute Gasteiger partial charge is 0.502 e. The van der Waals surface area contributed by atoms with Crippen LogP contribution >= 0.6 is 0 Å². The van der Waals surface area contributed by atoms with E-state index < -0.39 is 26.8 Å². The van der Waals surface area contributed by atoms with Gasteiger partial charge in [-0.25, -0.2) is 8.42 Å². The molecular formula is C21H21NO6S. The van der Waals surface area contributed by atoms with Gasteiger partial charge in [0.1, 0.15) is 17.3 Å². The van der Waals surface area contributed by atoms with Crippen molar-refractivity contribution in [2.24, 2.45) is 0 Å². The molecule has 0 aliphatic carbocycles. The second kappa shape index (κ2) is 8.40. The lowest BCUT2D eigenvalue weighted by Gasteiger charge is -2.10. The average molecular weight is 415 g/mol. The molecule has 2 aromatic carbocycles. The second-order valence-corrected chi connectivity index (χ2v) is 8.72. The van der Waals surface area contributed by atoms with Crippen LogP contribution in [0.3, 0.4) is 0 Å². The quantitative estimate of drug-likeness (QED) is 0.610. The SMILES string of the molecule is COc1ccc(-c2ccc(NCc3oc(CS(C)(=O)=O)cc(=O)c3O)cc2)cc1. The Morgan fingerprint density at radius 1 is 1.03 bits per heavy atom. The Labute approximate surface area is 168 Å². The minimum atomic E-state index is -3.37. The van der Waals surface area contributed by atoms with Crippen LogP contribution in [0.5, 0.6) is 11.5 Å². The highest BCUT2D eigenvalue weighted by Gasteiger charge is 2.14. The number of ether oxygens (including phenoxy) is 1. The van der Waals surface area contributed by atoms with E-state index in [0.717, 1.165) is 34.9 Å². The van der Waals surface area contributed by atoms with Gasteiger partial charge in [-0.15, -0.1) is 0 Å². The first-order chi connectivity index (χ1) is 13.7. The molecule has 0 spiro atoms. The van der Waals surface area contributed by atoms with Gasteiger partial charge in [-0.05, 0) is 35.4 Å². The van der Waals surface area contributed by atoms with Gasteiger partial charge in [-0.3, -0.25) is 4.79 Å². The Hall–Kier alpha value is -3.26. The highest BCUT2D eigenvalue weighted by atomic mass is 32.2. The summed E-state index contributed by atoms with van der Waals surface area (Å²) in [6, 6.07) is 16.3. The van der Waals surface area contributed by atoms with Gasteiger partial charge in [0.2, 0.25) is 11.2 Å². The first-order valence-corrected chi connectivity index (χ1v) is 10.8. The van der Waals surface area contributed by atoms with Gasteiger partial charge in [0.25, 0.3) is 0 Å². The monoisotopic (exact) mass is 415 g/mol. The van der Waals surface area contributed by atoms with Crippen LogP contribution in [0.1, 0.15) is 11.5 Å². The van der Waals surface area contributed by atoms with E-state index in [9.17, 15) is 18.3 Å². The van der Waals surface area contributed by atoms with Crippen molar-refractivity contribution >= 4 is 15.5 Å². The van der Waals surface area contributed by atoms with Crippen molar-refractivity contribution in [1.82, 2.24) is 0 Å². The van der Waals surface area contributed by atoms with E-state index in [1.165, 1.54) is 0 Å². The number of methoxy groups -OCH3 is 1. The maximum Gasteiger partial charge on any atom is 0.227 e. The Morgan fingerprint density at radius 2 is 1.62 bits per heavy atom. The molecule has 0 saturated heterocycles. The smallest absolute Gasteiger partial charge is 0.227 e. The van der Waals surface area contributed by atoms with Crippen LogP contribution in [0.2, 0.25) is 0 Å². The number of rotatable bonds is 7. The molecule has 0 unspecified atom stereocenters. The maximum absolute atomic E-state index is 11.9. The van der Waals surface area contributed by atoms with E-state index in [2.05, 4.69) is 5.32 Å². The molecule has 3 aromatic rings. The lowest BCUT2D eigenvalue weighted by Crippen LogP contribution is -2.10. The third-order valence-electron chi connectivity index (χ3n) is 4.21. The minimum absolute atomic E-state index is 0.0121. The lowest BCUT2D eigenvalue weighted by atomic mass is 10.1. The molecule has 0 saturated carbocycles. The molecular weight excluding hydrogens is 394 g/mol. The fourth-order valence-electron chi connectivity index (χ4n) is 2.78. The zero-order chi connectivity index (χ0) is 21.0. The van der Waals surface area contributed by atoms with Crippen LogP contribution < -0.4 is 15.5 Å². The van der Waals surface area contributed by atoms with Crippen molar-refractivity contribution in [2.45, 2.75) is 12.3 Å². The number of sulfone groups is 1. The molecule has 0 fully saturated rings. The van der Waals surface area contributed by atoms with Crippen molar-refractivity contribution in [3.63, 3.8) is 0 Å². The van der Waals surface area contributed by atoms with E-state index >= 15 is 0 Å². The first kappa shape index (κ1) is 20.5. The van der Waals surface area contributed by atoms with Gasteiger partial charge < -0.3 is 19.6 Å². The Bertz CT molecular complexity index is 1150. The van der Waals surface area contributed by atoms with E-state index in [1.54, 1.807) is 7.11 Å². The van der Waals surface area contributed by atoms with E-state index in [4.69, 9.17) is 9.15 Å². The number of hydrogen-bond acceptors (Lipinski definition) is 7. The van der Waals surface area contributed by atoms with Crippen LogP contribution in [0.15, 0.2) is 63.8 Å².